The highest BCUT2D eigenvalue weighted by molar-refractivity contribution is 6.07. The van der Waals surface area contributed by atoms with Gasteiger partial charge in [-0.15, -0.1) is 4.68 Å². The number of amides is 2. The number of fused-ring (bicyclic) bond motifs is 2. The molecule has 11 nitrogen and oxygen atoms in total. The van der Waals surface area contributed by atoms with E-state index in [4.69, 9.17) is 4.42 Å². The number of hydrazine groups is 2. The Morgan fingerprint density at radius 2 is 1.38 bits per heavy atom. The molecule has 6 rings (SSSR count). The van der Waals surface area contributed by atoms with Gasteiger partial charge in [-0.05, 0) is 29.3 Å². The Morgan fingerprint density at radius 1 is 0.717 bits per heavy atom. The van der Waals surface area contributed by atoms with Crippen LogP contribution >= 0.6 is 0 Å². The van der Waals surface area contributed by atoms with Gasteiger partial charge in [0.15, 0.2) is 6.54 Å². The quantitative estimate of drug-likeness (QED) is 0.0717. The third-order valence-electron chi connectivity index (χ3n) is 8.96. The van der Waals surface area contributed by atoms with Crippen LogP contribution in [0, 0.1) is 0 Å². The number of nitrogens with one attached hydrogen (secondary N) is 4. The van der Waals surface area contributed by atoms with Gasteiger partial charge in [0.05, 0.1) is 30.8 Å². The molecule has 2 amide bonds. The summed E-state index contributed by atoms with van der Waals surface area (Å²) in [4.78, 5) is 36.5. The zero-order chi connectivity index (χ0) is 37.2. The number of carbonyl (C=O) groups excluding carboxylic acids is 3. The molecule has 53 heavy (non-hydrogen) atoms. The maximum atomic E-state index is 12.4. The Balaban J connectivity index is 1.54. The molecule has 4 aromatic carbocycles. The second kappa shape index (κ2) is 17.2. The Bertz CT molecular complexity index is 2250. The van der Waals surface area contributed by atoms with E-state index < -0.39 is 5.97 Å². The molecule has 4 N–H and O–H groups in total. The SMILES string of the molecule is CNC(=O)CCNN(Cc1ccccc1)c1ccc2c(-c3ccccc3C(=O)[O-])c3ccc(=[N+](Cc4ccccc4)NCCC(=O)NC)cc-3oc2c1. The highest BCUT2D eigenvalue weighted by atomic mass is 16.4. The largest absolute Gasteiger partial charge is 0.545 e. The predicted octanol–water partition coefficient (Wildman–Crippen LogP) is 3.83. The Labute approximate surface area is 307 Å². The van der Waals surface area contributed by atoms with Crippen LogP contribution in [-0.4, -0.2) is 45.0 Å². The summed E-state index contributed by atoms with van der Waals surface area (Å²) in [5.74, 6) is -0.898. The van der Waals surface area contributed by atoms with E-state index in [0.29, 0.717) is 48.6 Å². The van der Waals surface area contributed by atoms with Crippen LogP contribution in [0.4, 0.5) is 5.69 Å². The summed E-state index contributed by atoms with van der Waals surface area (Å²) in [5, 5.41) is 21.2. The third kappa shape index (κ3) is 8.89. The molecular weight excluding hydrogens is 668 g/mol. The molecule has 0 atom stereocenters. The maximum Gasteiger partial charge on any atom is 0.233 e. The lowest BCUT2D eigenvalue weighted by atomic mass is 9.90. The lowest BCUT2D eigenvalue weighted by Crippen LogP contribution is -2.42. The standard InChI is InChI=1S/C42H42N6O5/c1-43-39(49)21-23-45-47(27-29-11-5-3-6-12-29)31-17-19-35-37(25-31)53-38-26-32(18-20-36(38)41(35)33-15-9-10-16-34(33)42(51)52)48(46-24-22-40(50)44-2)28-30-13-7-4-8-14-30/h3-20,25-26,45-46H,21-24,27-28H2,1-2H3,(H2-,43,44,49,50,51,52). The van der Waals surface area contributed by atoms with E-state index in [-0.39, 0.29) is 30.2 Å². The summed E-state index contributed by atoms with van der Waals surface area (Å²) in [5.41, 5.74) is 12.2. The summed E-state index contributed by atoms with van der Waals surface area (Å²) in [6, 6.07) is 38.4. The van der Waals surface area contributed by atoms with Crippen LogP contribution in [0.15, 0.2) is 126 Å². The number of carboxylic acid groups (broad SMARTS) is 1. The smallest absolute Gasteiger partial charge is 0.233 e. The molecule has 0 unspecified atom stereocenters. The highest BCUT2D eigenvalue weighted by Crippen LogP contribution is 2.42. The molecule has 0 saturated heterocycles. The van der Waals surface area contributed by atoms with Gasteiger partial charge < -0.3 is 30.0 Å². The number of anilines is 1. The average molecular weight is 711 g/mol. The van der Waals surface area contributed by atoms with Crippen LogP contribution in [0.5, 0.6) is 0 Å². The Hall–Kier alpha value is -6.46. The van der Waals surface area contributed by atoms with Crippen LogP contribution in [0.3, 0.4) is 0 Å². The van der Waals surface area contributed by atoms with Crippen molar-refractivity contribution < 1.29 is 23.9 Å². The van der Waals surface area contributed by atoms with E-state index in [1.54, 1.807) is 32.3 Å². The molecule has 0 spiro atoms. The second-order valence-electron chi connectivity index (χ2n) is 12.5. The number of benzene rings is 5. The molecule has 1 aliphatic carbocycles. The van der Waals surface area contributed by atoms with Gasteiger partial charge in [-0.25, -0.2) is 5.43 Å². The van der Waals surface area contributed by atoms with Crippen molar-refractivity contribution in [2.75, 3.05) is 32.2 Å². The van der Waals surface area contributed by atoms with Crippen molar-refractivity contribution >= 4 is 34.4 Å². The van der Waals surface area contributed by atoms with Gasteiger partial charge in [0.2, 0.25) is 17.2 Å². The second-order valence-corrected chi connectivity index (χ2v) is 12.5. The maximum absolute atomic E-state index is 12.4. The molecule has 1 aliphatic heterocycles. The molecule has 4 aromatic rings. The zero-order valence-corrected chi connectivity index (χ0v) is 29.7. The van der Waals surface area contributed by atoms with Crippen LogP contribution in [0.25, 0.3) is 33.4 Å². The van der Waals surface area contributed by atoms with E-state index in [1.165, 1.54) is 0 Å². The minimum absolute atomic E-state index is 0.0672. The van der Waals surface area contributed by atoms with Gasteiger partial charge in [-0.2, -0.15) is 5.43 Å². The van der Waals surface area contributed by atoms with Crippen LogP contribution in [-0.2, 0) is 22.7 Å². The van der Waals surface area contributed by atoms with Crippen molar-refractivity contribution in [1.82, 2.24) is 26.2 Å². The molecule has 11 heteroatoms. The van der Waals surface area contributed by atoms with Crippen LogP contribution in [0.2, 0.25) is 0 Å². The van der Waals surface area contributed by atoms with E-state index in [1.807, 2.05) is 113 Å². The van der Waals surface area contributed by atoms with Crippen molar-refractivity contribution in [2.24, 2.45) is 0 Å². The first-order valence-corrected chi connectivity index (χ1v) is 17.5. The van der Waals surface area contributed by atoms with Gasteiger partial charge in [0.25, 0.3) is 0 Å². The van der Waals surface area contributed by atoms with Crippen molar-refractivity contribution in [1.29, 1.82) is 0 Å². The van der Waals surface area contributed by atoms with E-state index in [0.717, 1.165) is 33.1 Å². The third-order valence-corrected chi connectivity index (χ3v) is 8.96. The fraction of sp³-hybridized carbons (Fsp3) is 0.190. The van der Waals surface area contributed by atoms with Crippen molar-refractivity contribution in [3.05, 3.63) is 143 Å². The first-order chi connectivity index (χ1) is 25.8. The number of carbonyl (C=O) groups is 3. The van der Waals surface area contributed by atoms with Crippen LogP contribution in [0.1, 0.15) is 34.3 Å². The molecule has 0 radical (unpaired) electrons. The minimum atomic E-state index is -1.28. The van der Waals surface area contributed by atoms with Gasteiger partial charge in [0.1, 0.15) is 11.3 Å². The van der Waals surface area contributed by atoms with Gasteiger partial charge in [0, 0.05) is 73.3 Å². The number of rotatable bonds is 15. The summed E-state index contributed by atoms with van der Waals surface area (Å²) < 4.78 is 8.68. The van der Waals surface area contributed by atoms with E-state index in [2.05, 4.69) is 21.5 Å². The summed E-state index contributed by atoms with van der Waals surface area (Å²) >= 11 is 0. The highest BCUT2D eigenvalue weighted by Gasteiger charge is 2.22. The lowest BCUT2D eigenvalue weighted by Gasteiger charge is -2.26. The summed E-state index contributed by atoms with van der Waals surface area (Å²) in [7, 11) is 3.23. The normalized spacial score (nSPS) is 11.6. The molecule has 0 bridgehead atoms. The van der Waals surface area contributed by atoms with Crippen LogP contribution < -0.4 is 41.6 Å². The van der Waals surface area contributed by atoms with Crippen molar-refractivity contribution in [3.63, 3.8) is 0 Å². The van der Waals surface area contributed by atoms with Gasteiger partial charge in [-0.1, -0.05) is 84.9 Å². The number of nitrogens with zero attached hydrogens (tertiary/aromatic N) is 2. The number of carboxylic acids is 1. The van der Waals surface area contributed by atoms with Crippen molar-refractivity contribution in [2.45, 2.75) is 25.9 Å². The molecule has 2 aliphatic rings. The van der Waals surface area contributed by atoms with Gasteiger partial charge >= 0.3 is 0 Å². The Kier molecular flexibility index (Phi) is 11.8. The predicted molar refractivity (Wildman–Crippen MR) is 204 cm³/mol. The molecular formula is C42H42N6O5. The first-order valence-electron chi connectivity index (χ1n) is 17.5. The van der Waals surface area contributed by atoms with Gasteiger partial charge in [-0.3, -0.25) is 9.59 Å². The minimum Gasteiger partial charge on any atom is -0.545 e. The monoisotopic (exact) mass is 710 g/mol. The lowest BCUT2D eigenvalue weighted by molar-refractivity contribution is -0.254. The number of hydrogen-bond acceptors (Lipinski definition) is 8. The number of aromatic carboxylic acids is 1. The topological polar surface area (TPSA) is 142 Å². The average Bonchev–Trinajstić information content (AvgIpc) is 3.19. The Morgan fingerprint density at radius 3 is 2.08 bits per heavy atom. The molecule has 270 valence electrons. The van der Waals surface area contributed by atoms with E-state index >= 15 is 0 Å². The summed E-state index contributed by atoms with van der Waals surface area (Å²) in [6.07, 6.45) is 0.571. The number of hydrogen-bond donors (Lipinski definition) is 4. The fourth-order valence-corrected chi connectivity index (χ4v) is 6.24. The first kappa shape index (κ1) is 36.3. The fourth-order valence-electron chi connectivity index (χ4n) is 6.24. The zero-order valence-electron chi connectivity index (χ0n) is 29.7. The molecule has 0 aromatic heterocycles. The van der Waals surface area contributed by atoms with E-state index in [9.17, 15) is 19.5 Å². The molecule has 0 saturated carbocycles. The molecule has 0 fully saturated rings. The summed E-state index contributed by atoms with van der Waals surface area (Å²) in [6.45, 7) is 1.82. The van der Waals surface area contributed by atoms with Crippen molar-refractivity contribution in [3.8, 4) is 22.5 Å². The molecule has 1 heterocycles.